The summed E-state index contributed by atoms with van der Waals surface area (Å²) in [6, 6.07) is 8.80. The highest BCUT2D eigenvalue weighted by atomic mass is 15.0. The molecule has 0 saturated carbocycles. The van der Waals surface area contributed by atoms with Crippen molar-refractivity contribution < 1.29 is 0 Å². The van der Waals surface area contributed by atoms with Gasteiger partial charge in [0.25, 0.3) is 0 Å². The predicted molar refractivity (Wildman–Crippen MR) is 87.9 cm³/mol. The van der Waals surface area contributed by atoms with Crippen LogP contribution in [0.2, 0.25) is 0 Å². The van der Waals surface area contributed by atoms with Gasteiger partial charge in [-0.3, -0.25) is 0 Å². The minimum absolute atomic E-state index is 0.687. The Bertz CT molecular complexity index is 578. The summed E-state index contributed by atoms with van der Waals surface area (Å²) in [7, 11) is 0. The first-order valence-electron chi connectivity index (χ1n) is 7.56. The van der Waals surface area contributed by atoms with Crippen molar-refractivity contribution >= 4 is 10.9 Å². The molecule has 0 amide bonds. The van der Waals surface area contributed by atoms with Crippen molar-refractivity contribution in [1.82, 2.24) is 9.88 Å². The Kier molecular flexibility index (Phi) is 5.02. The third kappa shape index (κ3) is 3.51. The van der Waals surface area contributed by atoms with Crippen LogP contribution in [-0.2, 0) is 13.1 Å². The van der Waals surface area contributed by atoms with E-state index in [1.807, 2.05) is 0 Å². The normalized spacial score (nSPS) is 11.4. The van der Waals surface area contributed by atoms with Crippen molar-refractivity contribution in [3.63, 3.8) is 0 Å². The zero-order valence-corrected chi connectivity index (χ0v) is 12.9. The van der Waals surface area contributed by atoms with Gasteiger partial charge in [-0.05, 0) is 36.6 Å². The molecule has 0 aliphatic rings. The summed E-state index contributed by atoms with van der Waals surface area (Å²) in [5.41, 5.74) is 3.96. The molecule has 2 rings (SSSR count). The lowest BCUT2D eigenvalue weighted by atomic mass is 10.1. The van der Waals surface area contributed by atoms with Crippen LogP contribution in [0.1, 0.15) is 32.8 Å². The van der Waals surface area contributed by atoms with Crippen LogP contribution >= 0.6 is 0 Å². The summed E-state index contributed by atoms with van der Waals surface area (Å²) >= 11 is 0. The van der Waals surface area contributed by atoms with Gasteiger partial charge in [-0.1, -0.05) is 45.1 Å². The van der Waals surface area contributed by atoms with Crippen LogP contribution in [0.3, 0.4) is 0 Å². The molecule has 1 N–H and O–H groups in total. The van der Waals surface area contributed by atoms with Crippen molar-refractivity contribution in [3.8, 4) is 0 Å². The summed E-state index contributed by atoms with van der Waals surface area (Å²) < 4.78 is 2.30. The second-order valence-electron chi connectivity index (χ2n) is 5.92. The highest BCUT2D eigenvalue weighted by Crippen LogP contribution is 2.21. The van der Waals surface area contributed by atoms with Crippen LogP contribution in [0, 0.1) is 5.92 Å². The standard InChI is InChI=1S/C18H26N2/c1-5-15(4)13-20-10-9-17-16(7-6-8-18(17)20)12-19-11-14(2)3/h6-10,14,19H,4-5,11-13H2,1-3H3. The van der Waals surface area contributed by atoms with E-state index < -0.39 is 0 Å². The Labute approximate surface area is 122 Å². The quantitative estimate of drug-likeness (QED) is 0.740. The molecule has 0 aliphatic heterocycles. The zero-order valence-electron chi connectivity index (χ0n) is 12.9. The molecular formula is C18H26N2. The number of aromatic nitrogens is 1. The summed E-state index contributed by atoms with van der Waals surface area (Å²) in [5.74, 6) is 0.687. The van der Waals surface area contributed by atoms with Crippen molar-refractivity contribution in [2.24, 2.45) is 5.92 Å². The molecule has 108 valence electrons. The molecule has 0 fully saturated rings. The van der Waals surface area contributed by atoms with E-state index in [1.54, 1.807) is 0 Å². The van der Waals surface area contributed by atoms with E-state index in [0.717, 1.165) is 26.1 Å². The number of hydrogen-bond donors (Lipinski definition) is 1. The van der Waals surface area contributed by atoms with Crippen molar-refractivity contribution in [1.29, 1.82) is 0 Å². The van der Waals surface area contributed by atoms with Gasteiger partial charge in [0.05, 0.1) is 0 Å². The van der Waals surface area contributed by atoms with E-state index in [-0.39, 0.29) is 0 Å². The van der Waals surface area contributed by atoms with E-state index >= 15 is 0 Å². The van der Waals surface area contributed by atoms with Gasteiger partial charge >= 0.3 is 0 Å². The molecule has 0 unspecified atom stereocenters. The van der Waals surface area contributed by atoms with E-state index in [2.05, 4.69) is 67.7 Å². The Hall–Kier alpha value is -1.54. The molecular weight excluding hydrogens is 244 g/mol. The maximum atomic E-state index is 4.11. The molecule has 1 heterocycles. The highest BCUT2D eigenvalue weighted by Gasteiger charge is 2.06. The SMILES string of the molecule is C=C(CC)Cn1ccc2c(CNCC(C)C)cccc21. The van der Waals surface area contributed by atoms with E-state index in [0.29, 0.717) is 5.92 Å². The maximum absolute atomic E-state index is 4.11. The fourth-order valence-corrected chi connectivity index (χ4v) is 2.43. The molecule has 1 aromatic carbocycles. The molecule has 2 aromatic rings. The maximum Gasteiger partial charge on any atom is 0.0486 e. The van der Waals surface area contributed by atoms with Gasteiger partial charge in [0.1, 0.15) is 0 Å². The topological polar surface area (TPSA) is 17.0 Å². The molecule has 1 aromatic heterocycles. The lowest BCUT2D eigenvalue weighted by Crippen LogP contribution is -2.19. The number of nitrogens with zero attached hydrogens (tertiary/aromatic N) is 1. The molecule has 0 spiro atoms. The minimum Gasteiger partial charge on any atom is -0.343 e. The lowest BCUT2D eigenvalue weighted by molar-refractivity contribution is 0.553. The van der Waals surface area contributed by atoms with E-state index in [4.69, 9.17) is 0 Å². The Morgan fingerprint density at radius 3 is 2.80 bits per heavy atom. The molecule has 0 atom stereocenters. The van der Waals surface area contributed by atoms with Crippen LogP contribution in [0.4, 0.5) is 0 Å². The average molecular weight is 270 g/mol. The van der Waals surface area contributed by atoms with Gasteiger partial charge in [-0.15, -0.1) is 0 Å². The number of rotatable bonds is 7. The van der Waals surface area contributed by atoms with Gasteiger partial charge < -0.3 is 9.88 Å². The molecule has 20 heavy (non-hydrogen) atoms. The van der Waals surface area contributed by atoms with Crippen molar-refractivity contribution in [2.75, 3.05) is 6.54 Å². The van der Waals surface area contributed by atoms with Crippen LogP contribution in [0.25, 0.3) is 10.9 Å². The fraction of sp³-hybridized carbons (Fsp3) is 0.444. The second kappa shape index (κ2) is 6.76. The van der Waals surface area contributed by atoms with E-state index in [9.17, 15) is 0 Å². The predicted octanol–water partition coefficient (Wildman–Crippen LogP) is 4.35. The molecule has 2 heteroatoms. The Morgan fingerprint density at radius 1 is 1.30 bits per heavy atom. The Morgan fingerprint density at radius 2 is 2.10 bits per heavy atom. The summed E-state index contributed by atoms with van der Waals surface area (Å²) in [6.45, 7) is 13.7. The highest BCUT2D eigenvalue weighted by molar-refractivity contribution is 5.83. The number of nitrogens with one attached hydrogen (secondary N) is 1. The third-order valence-electron chi connectivity index (χ3n) is 3.67. The van der Waals surface area contributed by atoms with Crippen LogP contribution < -0.4 is 5.32 Å². The molecule has 0 radical (unpaired) electrons. The first-order valence-corrected chi connectivity index (χ1v) is 7.56. The first-order chi connectivity index (χ1) is 9.61. The van der Waals surface area contributed by atoms with Crippen molar-refractivity contribution in [2.45, 2.75) is 40.3 Å². The van der Waals surface area contributed by atoms with Crippen LogP contribution in [0.5, 0.6) is 0 Å². The fourth-order valence-electron chi connectivity index (χ4n) is 2.43. The largest absolute Gasteiger partial charge is 0.343 e. The van der Waals surface area contributed by atoms with Gasteiger partial charge in [0.15, 0.2) is 0 Å². The molecule has 2 nitrogen and oxygen atoms in total. The second-order valence-corrected chi connectivity index (χ2v) is 5.92. The zero-order chi connectivity index (χ0) is 14.5. The number of benzene rings is 1. The van der Waals surface area contributed by atoms with Crippen LogP contribution in [-0.4, -0.2) is 11.1 Å². The summed E-state index contributed by atoms with van der Waals surface area (Å²) in [5, 5.41) is 4.88. The van der Waals surface area contributed by atoms with Crippen LogP contribution in [0.15, 0.2) is 42.6 Å². The monoisotopic (exact) mass is 270 g/mol. The Balaban J connectivity index is 2.19. The first kappa shape index (κ1) is 14.9. The number of hydrogen-bond acceptors (Lipinski definition) is 1. The lowest BCUT2D eigenvalue weighted by Gasteiger charge is -2.10. The average Bonchev–Trinajstić information content (AvgIpc) is 2.82. The van der Waals surface area contributed by atoms with Gasteiger partial charge in [0, 0.05) is 30.2 Å². The van der Waals surface area contributed by atoms with Gasteiger partial charge in [-0.25, -0.2) is 0 Å². The molecule has 0 bridgehead atoms. The van der Waals surface area contributed by atoms with E-state index in [1.165, 1.54) is 22.0 Å². The van der Waals surface area contributed by atoms with Gasteiger partial charge in [-0.2, -0.15) is 0 Å². The third-order valence-corrected chi connectivity index (χ3v) is 3.67. The van der Waals surface area contributed by atoms with Gasteiger partial charge in [0.2, 0.25) is 0 Å². The smallest absolute Gasteiger partial charge is 0.0486 e. The minimum atomic E-state index is 0.687. The summed E-state index contributed by atoms with van der Waals surface area (Å²) in [6.07, 6.45) is 3.22. The number of fused-ring (bicyclic) bond motifs is 1. The van der Waals surface area contributed by atoms with Crippen molar-refractivity contribution in [3.05, 3.63) is 48.2 Å². The number of allylic oxidation sites excluding steroid dienone is 1. The summed E-state index contributed by atoms with van der Waals surface area (Å²) in [4.78, 5) is 0. The molecule has 0 aliphatic carbocycles. The molecule has 0 saturated heterocycles.